The van der Waals surface area contributed by atoms with E-state index in [1.165, 1.54) is 22.3 Å². The second-order valence-corrected chi connectivity index (χ2v) is 5.62. The molecule has 0 aliphatic heterocycles. The molecule has 0 N–H and O–H groups in total. The van der Waals surface area contributed by atoms with E-state index in [4.69, 9.17) is 0 Å². The molecule has 0 saturated heterocycles. The summed E-state index contributed by atoms with van der Waals surface area (Å²) >= 11 is 0. The van der Waals surface area contributed by atoms with E-state index >= 15 is 0 Å². The van der Waals surface area contributed by atoms with E-state index in [0.29, 0.717) is 25.0 Å². The zero-order chi connectivity index (χ0) is 12.3. The number of Topliss-reactive ketones (excluding diaryl/α,β-unsaturated/α-hetero) is 2. The molecule has 4 rings (SSSR count). The largest absolute Gasteiger partial charge is 0.299 e. The first-order chi connectivity index (χ1) is 8.74. The third-order valence-electron chi connectivity index (χ3n) is 4.54. The van der Waals surface area contributed by atoms with E-state index in [1.807, 2.05) is 0 Å². The molecule has 2 heteroatoms. The third-order valence-corrected chi connectivity index (χ3v) is 4.54. The van der Waals surface area contributed by atoms with Crippen LogP contribution in [0.25, 0.3) is 6.08 Å². The molecule has 3 aliphatic carbocycles. The van der Waals surface area contributed by atoms with E-state index in [2.05, 4.69) is 24.3 Å². The number of allylic oxidation sites excluding steroid dienone is 1. The second-order valence-electron chi connectivity index (χ2n) is 5.62. The monoisotopic (exact) mass is 238 g/mol. The van der Waals surface area contributed by atoms with Gasteiger partial charge in [0, 0.05) is 25.2 Å². The molecule has 0 saturated carbocycles. The molecule has 0 fully saturated rings. The van der Waals surface area contributed by atoms with Crippen molar-refractivity contribution < 1.29 is 9.59 Å². The number of benzene rings is 1. The van der Waals surface area contributed by atoms with E-state index in [9.17, 15) is 9.59 Å². The molecule has 2 nitrogen and oxygen atoms in total. The Morgan fingerprint density at radius 3 is 2.83 bits per heavy atom. The van der Waals surface area contributed by atoms with Crippen molar-refractivity contribution in [2.75, 3.05) is 0 Å². The Morgan fingerprint density at radius 2 is 1.94 bits per heavy atom. The van der Waals surface area contributed by atoms with Crippen molar-refractivity contribution in [1.29, 1.82) is 0 Å². The van der Waals surface area contributed by atoms with Crippen LogP contribution in [0.4, 0.5) is 0 Å². The topological polar surface area (TPSA) is 34.1 Å². The maximum atomic E-state index is 12.2. The van der Waals surface area contributed by atoms with Crippen molar-refractivity contribution in [2.24, 2.45) is 0 Å². The molecule has 2 atom stereocenters. The quantitative estimate of drug-likeness (QED) is 0.696. The Hall–Kier alpha value is -1.70. The Bertz CT molecular complexity index is 610. The van der Waals surface area contributed by atoms with Gasteiger partial charge in [-0.1, -0.05) is 24.3 Å². The van der Waals surface area contributed by atoms with E-state index < -0.39 is 0 Å². The first-order valence-electron chi connectivity index (χ1n) is 6.60. The van der Waals surface area contributed by atoms with Crippen LogP contribution in [0.2, 0.25) is 0 Å². The fraction of sp³-hybridized carbons (Fsp3) is 0.375. The van der Waals surface area contributed by atoms with Gasteiger partial charge in [0.05, 0.1) is 0 Å². The number of ketones is 2. The molecule has 0 aromatic heterocycles. The van der Waals surface area contributed by atoms with Gasteiger partial charge in [-0.05, 0) is 34.6 Å². The first-order valence-corrected chi connectivity index (χ1v) is 6.60. The number of rotatable bonds is 0. The number of hydrogen-bond acceptors (Lipinski definition) is 2. The van der Waals surface area contributed by atoms with Crippen molar-refractivity contribution >= 4 is 17.6 Å². The van der Waals surface area contributed by atoms with Crippen molar-refractivity contribution in [3.05, 3.63) is 40.5 Å². The zero-order valence-electron chi connectivity index (χ0n) is 10.1. The summed E-state index contributed by atoms with van der Waals surface area (Å²) in [6.07, 6.45) is 6.75. The summed E-state index contributed by atoms with van der Waals surface area (Å²) in [4.78, 5) is 24.0. The summed E-state index contributed by atoms with van der Waals surface area (Å²) in [5.41, 5.74) is 4.94. The highest BCUT2D eigenvalue weighted by Gasteiger charge is 2.39. The molecule has 1 aromatic carbocycles. The van der Waals surface area contributed by atoms with E-state index in [-0.39, 0.29) is 17.6 Å². The Kier molecular flexibility index (Phi) is 1.94. The lowest BCUT2D eigenvalue weighted by Gasteiger charge is -2.37. The Labute approximate surface area is 106 Å². The minimum Gasteiger partial charge on any atom is -0.299 e. The van der Waals surface area contributed by atoms with Gasteiger partial charge < -0.3 is 0 Å². The van der Waals surface area contributed by atoms with Gasteiger partial charge in [0.25, 0.3) is 0 Å². The molecule has 2 unspecified atom stereocenters. The summed E-state index contributed by atoms with van der Waals surface area (Å²) in [6.45, 7) is 0. The van der Waals surface area contributed by atoms with Crippen molar-refractivity contribution in [1.82, 2.24) is 0 Å². The molecule has 18 heavy (non-hydrogen) atoms. The van der Waals surface area contributed by atoms with Crippen LogP contribution >= 0.6 is 0 Å². The van der Waals surface area contributed by atoms with Crippen LogP contribution in [0.3, 0.4) is 0 Å². The van der Waals surface area contributed by atoms with Crippen LogP contribution in [0.5, 0.6) is 0 Å². The van der Waals surface area contributed by atoms with Crippen LogP contribution in [0.1, 0.15) is 53.4 Å². The van der Waals surface area contributed by atoms with Gasteiger partial charge in [0.2, 0.25) is 0 Å². The van der Waals surface area contributed by atoms with Crippen LogP contribution in [0.15, 0.2) is 18.2 Å². The predicted molar refractivity (Wildman–Crippen MR) is 68.5 cm³/mol. The van der Waals surface area contributed by atoms with E-state index in [0.717, 1.165) is 6.42 Å². The lowest BCUT2D eigenvalue weighted by atomic mass is 9.66. The molecular weight excluding hydrogens is 224 g/mol. The predicted octanol–water partition coefficient (Wildman–Crippen LogP) is 2.76. The summed E-state index contributed by atoms with van der Waals surface area (Å²) in [5, 5.41) is 0. The van der Waals surface area contributed by atoms with Gasteiger partial charge in [-0.15, -0.1) is 0 Å². The molecule has 0 bridgehead atoms. The summed E-state index contributed by atoms with van der Waals surface area (Å²) in [5.74, 6) is 0.825. The molecule has 0 radical (unpaired) electrons. The first kappa shape index (κ1) is 10.2. The summed E-state index contributed by atoms with van der Waals surface area (Å²) < 4.78 is 0. The fourth-order valence-electron chi connectivity index (χ4n) is 3.83. The highest BCUT2D eigenvalue weighted by molar-refractivity contribution is 5.95. The summed E-state index contributed by atoms with van der Waals surface area (Å²) in [7, 11) is 0. The van der Waals surface area contributed by atoms with Crippen molar-refractivity contribution in [3.63, 3.8) is 0 Å². The molecule has 0 spiro atoms. The Morgan fingerprint density at radius 1 is 1.06 bits per heavy atom. The molecule has 1 aromatic rings. The normalized spacial score (nSPS) is 28.2. The second kappa shape index (κ2) is 3.41. The SMILES string of the molecule is O=C1Cc2ccc3c4c2C(C1)CC(=O)C4CC=C3. The number of carbonyl (C=O) groups is 2. The molecule has 3 aliphatic rings. The van der Waals surface area contributed by atoms with E-state index in [1.54, 1.807) is 0 Å². The highest BCUT2D eigenvalue weighted by atomic mass is 16.1. The van der Waals surface area contributed by atoms with Gasteiger partial charge in [-0.2, -0.15) is 0 Å². The fourth-order valence-corrected chi connectivity index (χ4v) is 3.83. The smallest absolute Gasteiger partial charge is 0.141 e. The van der Waals surface area contributed by atoms with Crippen LogP contribution in [-0.2, 0) is 16.0 Å². The van der Waals surface area contributed by atoms with Gasteiger partial charge >= 0.3 is 0 Å². The Balaban J connectivity index is 2.03. The number of carbonyl (C=O) groups excluding carboxylic acids is 2. The standard InChI is InChI=1S/C16H14O2/c17-12-6-10-5-4-9-2-1-3-13-14(18)8-11(7-12)15(10)16(9)13/h1-2,4-5,11,13H,3,6-8H2. The minimum absolute atomic E-state index is 0.0596. The third kappa shape index (κ3) is 1.23. The summed E-state index contributed by atoms with van der Waals surface area (Å²) in [6, 6.07) is 4.16. The van der Waals surface area contributed by atoms with Crippen LogP contribution in [0, 0.1) is 0 Å². The highest BCUT2D eigenvalue weighted by Crippen LogP contribution is 2.47. The maximum absolute atomic E-state index is 12.2. The van der Waals surface area contributed by atoms with Gasteiger partial charge in [-0.3, -0.25) is 9.59 Å². The van der Waals surface area contributed by atoms with Crippen LogP contribution < -0.4 is 0 Å². The van der Waals surface area contributed by atoms with Crippen LogP contribution in [-0.4, -0.2) is 11.6 Å². The minimum atomic E-state index is 0.0596. The molecule has 90 valence electrons. The molecule has 0 amide bonds. The molecule has 0 heterocycles. The number of hydrogen-bond donors (Lipinski definition) is 0. The molecular formula is C16H14O2. The average molecular weight is 238 g/mol. The van der Waals surface area contributed by atoms with Crippen molar-refractivity contribution in [2.45, 2.75) is 37.5 Å². The average Bonchev–Trinajstić information content (AvgIpc) is 2.36. The lowest BCUT2D eigenvalue weighted by Crippen LogP contribution is -2.31. The van der Waals surface area contributed by atoms with Gasteiger partial charge in [0.1, 0.15) is 11.6 Å². The maximum Gasteiger partial charge on any atom is 0.141 e. The zero-order valence-corrected chi connectivity index (χ0v) is 10.1. The lowest BCUT2D eigenvalue weighted by molar-refractivity contribution is -0.122. The van der Waals surface area contributed by atoms with Crippen molar-refractivity contribution in [3.8, 4) is 0 Å². The van der Waals surface area contributed by atoms with Gasteiger partial charge in [0.15, 0.2) is 0 Å². The van der Waals surface area contributed by atoms with Gasteiger partial charge in [-0.25, -0.2) is 0 Å².